The number of esters is 2. The van der Waals surface area contributed by atoms with Crippen LogP contribution in [0.15, 0.2) is 24.3 Å². The van der Waals surface area contributed by atoms with Crippen molar-refractivity contribution in [1.82, 2.24) is 0 Å². The second kappa shape index (κ2) is 7.58. The van der Waals surface area contributed by atoms with Crippen molar-refractivity contribution >= 4 is 17.7 Å². The number of hydrogen-bond acceptors (Lipinski definition) is 6. The summed E-state index contributed by atoms with van der Waals surface area (Å²) in [5, 5.41) is 10.8. The molecule has 2 rings (SSSR count). The summed E-state index contributed by atoms with van der Waals surface area (Å²) in [6, 6.07) is 7.38. The van der Waals surface area contributed by atoms with Crippen LogP contribution in [0.1, 0.15) is 50.2 Å². The van der Waals surface area contributed by atoms with Gasteiger partial charge in [0.25, 0.3) is 0 Å². The van der Waals surface area contributed by atoms with Crippen LogP contribution in [-0.4, -0.2) is 42.6 Å². The number of carbonyl (C=O) groups excluding carboxylic acids is 3. The van der Waals surface area contributed by atoms with Crippen LogP contribution in [0.2, 0.25) is 0 Å². The largest absolute Gasteiger partial charge is 0.469 e. The lowest BCUT2D eigenvalue weighted by Crippen LogP contribution is -2.55. The van der Waals surface area contributed by atoms with Crippen molar-refractivity contribution in [3.63, 3.8) is 0 Å². The molecule has 0 amide bonds. The normalized spacial score (nSPS) is 28.7. The Kier molecular flexibility index (Phi) is 5.86. The van der Waals surface area contributed by atoms with E-state index in [0.29, 0.717) is 11.5 Å². The number of Topliss-reactive ketones (excluding diaryl/α,β-unsaturated/α-hetero) is 1. The highest BCUT2D eigenvalue weighted by molar-refractivity contribution is 6.02. The molecule has 0 bridgehead atoms. The van der Waals surface area contributed by atoms with Crippen molar-refractivity contribution in [2.75, 3.05) is 14.2 Å². The van der Waals surface area contributed by atoms with Gasteiger partial charge < -0.3 is 14.6 Å². The molecule has 142 valence electrons. The molecule has 1 N–H and O–H groups in total. The second-order valence-corrected chi connectivity index (χ2v) is 7.35. The maximum absolute atomic E-state index is 12.6. The molecule has 1 aromatic rings. The van der Waals surface area contributed by atoms with E-state index >= 15 is 0 Å². The molecule has 0 spiro atoms. The van der Waals surface area contributed by atoms with E-state index in [4.69, 9.17) is 9.47 Å². The first-order chi connectivity index (χ1) is 12.1. The lowest BCUT2D eigenvalue weighted by molar-refractivity contribution is -0.170. The van der Waals surface area contributed by atoms with Gasteiger partial charge in [-0.25, -0.2) is 0 Å². The van der Waals surface area contributed by atoms with E-state index in [2.05, 4.69) is 13.8 Å². The third-order valence-electron chi connectivity index (χ3n) is 5.17. The fraction of sp³-hybridized carbons (Fsp3) is 0.550. The van der Waals surface area contributed by atoms with E-state index in [9.17, 15) is 19.5 Å². The minimum absolute atomic E-state index is 0.312. The quantitative estimate of drug-likeness (QED) is 0.652. The Hall–Kier alpha value is -2.21. The van der Waals surface area contributed by atoms with Crippen LogP contribution < -0.4 is 0 Å². The molecule has 4 atom stereocenters. The lowest BCUT2D eigenvalue weighted by atomic mass is 9.61. The number of aliphatic hydroxyl groups is 1. The monoisotopic (exact) mass is 362 g/mol. The van der Waals surface area contributed by atoms with E-state index in [-0.39, 0.29) is 6.42 Å². The Morgan fingerprint density at radius 1 is 1.12 bits per heavy atom. The van der Waals surface area contributed by atoms with Crippen molar-refractivity contribution in [3.05, 3.63) is 35.4 Å². The first kappa shape index (κ1) is 20.1. The first-order valence-electron chi connectivity index (χ1n) is 8.64. The molecule has 0 aromatic heterocycles. The molecule has 0 heterocycles. The number of carbonyl (C=O) groups is 3. The number of ether oxygens (including phenoxy) is 2. The minimum Gasteiger partial charge on any atom is -0.469 e. The molecule has 0 unspecified atom stereocenters. The highest BCUT2D eigenvalue weighted by atomic mass is 16.5. The van der Waals surface area contributed by atoms with Gasteiger partial charge in [0.15, 0.2) is 5.78 Å². The molecular weight excluding hydrogens is 336 g/mol. The van der Waals surface area contributed by atoms with Crippen molar-refractivity contribution < 1.29 is 29.0 Å². The van der Waals surface area contributed by atoms with Gasteiger partial charge in [-0.2, -0.15) is 0 Å². The molecule has 0 aliphatic heterocycles. The van der Waals surface area contributed by atoms with Gasteiger partial charge in [0.05, 0.1) is 25.7 Å². The van der Waals surface area contributed by atoms with E-state index < -0.39 is 41.1 Å². The van der Waals surface area contributed by atoms with Gasteiger partial charge >= 0.3 is 11.9 Å². The zero-order valence-electron chi connectivity index (χ0n) is 15.8. The third-order valence-corrected chi connectivity index (χ3v) is 5.17. The number of rotatable bonds is 4. The molecule has 1 aromatic carbocycles. The topological polar surface area (TPSA) is 89.9 Å². The molecule has 1 aliphatic rings. The summed E-state index contributed by atoms with van der Waals surface area (Å²) in [6.07, 6.45) is -0.312. The molecule has 0 saturated heterocycles. The van der Waals surface area contributed by atoms with Crippen molar-refractivity contribution in [2.45, 2.75) is 44.6 Å². The van der Waals surface area contributed by atoms with E-state index in [0.717, 1.165) is 5.56 Å². The maximum Gasteiger partial charge on any atom is 0.316 e. The molecular formula is C20H26O6. The standard InChI is InChI=1S/C20H26O6/c1-11(2)12-6-8-13(9-7-12)15-16(18(22)25-4)14(21)10-20(3,24)17(15)19(23)26-5/h6-9,11,15-17,24H,10H2,1-5H3/t15-,16+,17+,20-/m1/s1. The second-order valence-electron chi connectivity index (χ2n) is 7.35. The van der Waals surface area contributed by atoms with Gasteiger partial charge in [0.1, 0.15) is 5.92 Å². The summed E-state index contributed by atoms with van der Waals surface area (Å²) in [5.74, 6) is -4.57. The van der Waals surface area contributed by atoms with Gasteiger partial charge in [0.2, 0.25) is 0 Å². The molecule has 1 saturated carbocycles. The Morgan fingerprint density at radius 2 is 1.65 bits per heavy atom. The summed E-state index contributed by atoms with van der Waals surface area (Å²) >= 11 is 0. The zero-order chi connectivity index (χ0) is 19.6. The molecule has 1 aliphatic carbocycles. The summed E-state index contributed by atoms with van der Waals surface area (Å²) < 4.78 is 9.68. The van der Waals surface area contributed by atoms with E-state index in [1.807, 2.05) is 12.1 Å². The summed E-state index contributed by atoms with van der Waals surface area (Å²) in [5.41, 5.74) is 0.0937. The SMILES string of the molecule is COC(=O)[C@H]1C(=O)C[C@@](C)(O)[C@H](C(=O)OC)[C@@H]1c1ccc(C(C)C)cc1. The van der Waals surface area contributed by atoms with Gasteiger partial charge in [-0.05, 0) is 24.0 Å². The fourth-order valence-electron chi connectivity index (χ4n) is 3.77. The number of ketones is 1. The molecule has 6 nitrogen and oxygen atoms in total. The van der Waals surface area contributed by atoms with Crippen LogP contribution in [0.4, 0.5) is 0 Å². The van der Waals surface area contributed by atoms with E-state index in [1.54, 1.807) is 12.1 Å². The van der Waals surface area contributed by atoms with Gasteiger partial charge in [0, 0.05) is 12.3 Å². The number of methoxy groups -OCH3 is 2. The third kappa shape index (κ3) is 3.65. The summed E-state index contributed by atoms with van der Waals surface area (Å²) in [4.78, 5) is 37.4. The van der Waals surface area contributed by atoms with Gasteiger partial charge in [-0.3, -0.25) is 14.4 Å². The van der Waals surface area contributed by atoms with Gasteiger partial charge in [-0.15, -0.1) is 0 Å². The van der Waals surface area contributed by atoms with Crippen LogP contribution in [-0.2, 0) is 23.9 Å². The molecule has 26 heavy (non-hydrogen) atoms. The number of hydrogen-bond donors (Lipinski definition) is 1. The first-order valence-corrected chi connectivity index (χ1v) is 8.64. The van der Waals surface area contributed by atoms with E-state index in [1.165, 1.54) is 21.1 Å². The van der Waals surface area contributed by atoms with Crippen molar-refractivity contribution in [2.24, 2.45) is 11.8 Å². The average molecular weight is 362 g/mol. The van der Waals surface area contributed by atoms with Crippen LogP contribution >= 0.6 is 0 Å². The predicted octanol–water partition coefficient (Wildman–Crippen LogP) is 2.20. The predicted molar refractivity (Wildman–Crippen MR) is 94.5 cm³/mol. The summed E-state index contributed by atoms with van der Waals surface area (Å²) in [6.45, 7) is 5.53. The zero-order valence-corrected chi connectivity index (χ0v) is 15.8. The van der Waals surface area contributed by atoms with Crippen LogP contribution in [0.5, 0.6) is 0 Å². The molecule has 6 heteroatoms. The lowest BCUT2D eigenvalue weighted by Gasteiger charge is -2.43. The smallest absolute Gasteiger partial charge is 0.316 e. The minimum atomic E-state index is -1.61. The van der Waals surface area contributed by atoms with Crippen LogP contribution in [0, 0.1) is 11.8 Å². The Bertz CT molecular complexity index is 689. The van der Waals surface area contributed by atoms with Crippen LogP contribution in [0.3, 0.4) is 0 Å². The highest BCUT2D eigenvalue weighted by Gasteiger charge is 2.56. The Labute approximate surface area is 153 Å². The molecule has 0 radical (unpaired) electrons. The van der Waals surface area contributed by atoms with Crippen LogP contribution in [0.25, 0.3) is 0 Å². The number of benzene rings is 1. The average Bonchev–Trinajstić information content (AvgIpc) is 2.59. The molecule has 1 fully saturated rings. The fourth-order valence-corrected chi connectivity index (χ4v) is 3.77. The summed E-state index contributed by atoms with van der Waals surface area (Å²) in [7, 11) is 2.43. The maximum atomic E-state index is 12.6. The Balaban J connectivity index is 2.61. The van der Waals surface area contributed by atoms with Gasteiger partial charge in [-0.1, -0.05) is 38.1 Å². The van der Waals surface area contributed by atoms with Crippen molar-refractivity contribution in [3.8, 4) is 0 Å². The highest BCUT2D eigenvalue weighted by Crippen LogP contribution is 2.46. The Morgan fingerprint density at radius 3 is 2.12 bits per heavy atom. The van der Waals surface area contributed by atoms with Crippen molar-refractivity contribution in [1.29, 1.82) is 0 Å².